The number of piperidine rings is 1. The van der Waals surface area contributed by atoms with Gasteiger partial charge in [0.25, 0.3) is 0 Å². The average Bonchev–Trinajstić information content (AvgIpc) is 2.55. The van der Waals surface area contributed by atoms with E-state index in [1.165, 1.54) is 24.9 Å². The van der Waals surface area contributed by atoms with E-state index in [4.69, 9.17) is 10.4 Å². The van der Waals surface area contributed by atoms with E-state index in [0.29, 0.717) is 6.54 Å². The van der Waals surface area contributed by atoms with Crippen LogP contribution in [-0.4, -0.2) is 37.3 Å². The van der Waals surface area contributed by atoms with E-state index in [1.54, 1.807) is 6.92 Å². The highest BCUT2D eigenvalue weighted by atomic mass is 16.4. The molecule has 0 radical (unpaired) electrons. The quantitative estimate of drug-likeness (QED) is 0.818. The number of carboxylic acids is 1. The van der Waals surface area contributed by atoms with E-state index in [2.05, 4.69) is 23.1 Å². The Balaban J connectivity index is 2.08. The molecule has 0 bridgehead atoms. The van der Waals surface area contributed by atoms with E-state index in [1.807, 2.05) is 17.0 Å². The van der Waals surface area contributed by atoms with Crippen molar-refractivity contribution in [2.75, 3.05) is 36.0 Å². The molecule has 2 rings (SSSR count). The van der Waals surface area contributed by atoms with Gasteiger partial charge < -0.3 is 14.9 Å². The second-order valence-corrected chi connectivity index (χ2v) is 5.84. The van der Waals surface area contributed by atoms with Gasteiger partial charge in [0.15, 0.2) is 0 Å². The van der Waals surface area contributed by atoms with Crippen LogP contribution in [0.5, 0.6) is 0 Å². The molecule has 5 nitrogen and oxygen atoms in total. The lowest BCUT2D eigenvalue weighted by molar-refractivity contribution is -0.140. The smallest absolute Gasteiger partial charge is 0.308 e. The number of anilines is 2. The Kier molecular flexibility index (Phi) is 5.65. The lowest BCUT2D eigenvalue weighted by Gasteiger charge is -2.30. The average molecular weight is 301 g/mol. The Labute approximate surface area is 131 Å². The van der Waals surface area contributed by atoms with Crippen molar-refractivity contribution in [1.29, 1.82) is 5.26 Å². The van der Waals surface area contributed by atoms with Crippen molar-refractivity contribution in [2.24, 2.45) is 5.92 Å². The first kappa shape index (κ1) is 16.2. The van der Waals surface area contributed by atoms with Crippen LogP contribution in [-0.2, 0) is 4.79 Å². The van der Waals surface area contributed by atoms with Gasteiger partial charge in [-0.25, -0.2) is 0 Å². The molecule has 0 aliphatic carbocycles. The van der Waals surface area contributed by atoms with Crippen LogP contribution < -0.4 is 9.80 Å². The normalized spacial score (nSPS) is 15.9. The summed E-state index contributed by atoms with van der Waals surface area (Å²) in [6, 6.07) is 10.2. The maximum absolute atomic E-state index is 11.0. The molecule has 1 saturated heterocycles. The molecule has 1 aromatic carbocycles. The summed E-state index contributed by atoms with van der Waals surface area (Å²) < 4.78 is 0. The molecule has 22 heavy (non-hydrogen) atoms. The molecule has 0 saturated carbocycles. The topological polar surface area (TPSA) is 67.6 Å². The van der Waals surface area contributed by atoms with Crippen LogP contribution in [0.15, 0.2) is 24.3 Å². The van der Waals surface area contributed by atoms with Crippen LogP contribution >= 0.6 is 0 Å². The third-order valence-electron chi connectivity index (χ3n) is 4.11. The van der Waals surface area contributed by atoms with Crippen molar-refractivity contribution < 1.29 is 9.90 Å². The minimum atomic E-state index is -0.840. The first-order chi connectivity index (χ1) is 10.6. The van der Waals surface area contributed by atoms with Crippen molar-refractivity contribution in [2.45, 2.75) is 26.2 Å². The largest absolute Gasteiger partial charge is 0.481 e. The third kappa shape index (κ3) is 4.14. The first-order valence-electron chi connectivity index (χ1n) is 7.81. The molecule has 1 N–H and O–H groups in total. The van der Waals surface area contributed by atoms with Gasteiger partial charge in [0, 0.05) is 31.0 Å². The highest BCUT2D eigenvalue weighted by Crippen LogP contribution is 2.24. The molecule has 0 amide bonds. The molecular weight excluding hydrogens is 278 g/mol. The van der Waals surface area contributed by atoms with Crippen molar-refractivity contribution in [3.05, 3.63) is 24.3 Å². The number of benzene rings is 1. The standard InChI is InChI=1S/C17H23N3O2/c1-14(17(21)22)13-20(12-9-18)16-7-5-15(6-8-16)19-10-3-2-4-11-19/h5-8,14H,2-4,10-13H2,1H3,(H,21,22). The monoisotopic (exact) mass is 301 g/mol. The fraction of sp³-hybridized carbons (Fsp3) is 0.529. The summed E-state index contributed by atoms with van der Waals surface area (Å²) >= 11 is 0. The first-order valence-corrected chi connectivity index (χ1v) is 7.81. The third-order valence-corrected chi connectivity index (χ3v) is 4.11. The Hall–Kier alpha value is -2.22. The zero-order valence-corrected chi connectivity index (χ0v) is 13.0. The zero-order valence-electron chi connectivity index (χ0n) is 13.0. The Morgan fingerprint density at radius 2 is 1.95 bits per heavy atom. The fourth-order valence-corrected chi connectivity index (χ4v) is 2.78. The fourth-order valence-electron chi connectivity index (χ4n) is 2.78. The van der Waals surface area contributed by atoms with Gasteiger partial charge in [0.05, 0.1) is 12.0 Å². The summed E-state index contributed by atoms with van der Waals surface area (Å²) in [7, 11) is 0. The van der Waals surface area contributed by atoms with Crippen molar-refractivity contribution >= 4 is 17.3 Å². The molecule has 1 atom stereocenters. The van der Waals surface area contributed by atoms with Gasteiger partial charge in [-0.05, 0) is 43.5 Å². The van der Waals surface area contributed by atoms with Gasteiger partial charge in [-0.3, -0.25) is 4.79 Å². The van der Waals surface area contributed by atoms with Gasteiger partial charge in [-0.15, -0.1) is 0 Å². The van der Waals surface area contributed by atoms with Crippen LogP contribution in [0.25, 0.3) is 0 Å². The van der Waals surface area contributed by atoms with E-state index >= 15 is 0 Å². The summed E-state index contributed by atoms with van der Waals surface area (Å²) in [6.07, 6.45) is 3.77. The number of nitriles is 1. The Morgan fingerprint density at radius 1 is 1.32 bits per heavy atom. The number of carbonyl (C=O) groups is 1. The van der Waals surface area contributed by atoms with Crippen molar-refractivity contribution in [3.63, 3.8) is 0 Å². The Bertz CT molecular complexity index is 530. The molecule has 1 aliphatic rings. The van der Waals surface area contributed by atoms with Crippen LogP contribution in [0.3, 0.4) is 0 Å². The van der Waals surface area contributed by atoms with Crippen LogP contribution in [0, 0.1) is 17.2 Å². The lowest BCUT2D eigenvalue weighted by atomic mass is 10.1. The number of hydrogen-bond donors (Lipinski definition) is 1. The molecule has 5 heteroatoms. The molecule has 1 fully saturated rings. The number of aliphatic carboxylic acids is 1. The molecule has 1 aliphatic heterocycles. The molecule has 1 aromatic rings. The van der Waals surface area contributed by atoms with Gasteiger partial charge in [-0.2, -0.15) is 5.26 Å². The summed E-state index contributed by atoms with van der Waals surface area (Å²) in [5.74, 6) is -1.34. The number of nitrogens with zero attached hydrogens (tertiary/aromatic N) is 3. The van der Waals surface area contributed by atoms with Crippen LogP contribution in [0.4, 0.5) is 11.4 Å². The molecule has 0 spiro atoms. The SMILES string of the molecule is CC(CN(CC#N)c1ccc(N2CCCCC2)cc1)C(=O)O. The molecule has 1 unspecified atom stereocenters. The minimum Gasteiger partial charge on any atom is -0.481 e. The van der Waals surface area contributed by atoms with E-state index in [0.717, 1.165) is 18.8 Å². The highest BCUT2D eigenvalue weighted by molar-refractivity contribution is 5.70. The van der Waals surface area contributed by atoms with E-state index < -0.39 is 11.9 Å². The second kappa shape index (κ2) is 7.69. The minimum absolute atomic E-state index is 0.195. The van der Waals surface area contributed by atoms with Gasteiger partial charge in [0.1, 0.15) is 6.54 Å². The van der Waals surface area contributed by atoms with Crippen molar-refractivity contribution in [3.8, 4) is 6.07 Å². The molecular formula is C17H23N3O2. The highest BCUT2D eigenvalue weighted by Gasteiger charge is 2.17. The number of rotatable bonds is 6. The van der Waals surface area contributed by atoms with Gasteiger partial charge in [0.2, 0.25) is 0 Å². The van der Waals surface area contributed by atoms with E-state index in [9.17, 15) is 4.79 Å². The lowest BCUT2D eigenvalue weighted by Crippen LogP contribution is -2.32. The zero-order chi connectivity index (χ0) is 15.9. The number of hydrogen-bond acceptors (Lipinski definition) is 4. The molecule has 1 heterocycles. The summed E-state index contributed by atoms with van der Waals surface area (Å²) in [5, 5.41) is 18.0. The summed E-state index contributed by atoms with van der Waals surface area (Å²) in [6.45, 7) is 4.38. The van der Waals surface area contributed by atoms with Crippen LogP contribution in [0.1, 0.15) is 26.2 Å². The van der Waals surface area contributed by atoms with Crippen LogP contribution in [0.2, 0.25) is 0 Å². The maximum Gasteiger partial charge on any atom is 0.308 e. The van der Waals surface area contributed by atoms with E-state index in [-0.39, 0.29) is 6.54 Å². The van der Waals surface area contributed by atoms with Gasteiger partial charge in [-0.1, -0.05) is 6.92 Å². The molecule has 0 aromatic heterocycles. The Morgan fingerprint density at radius 3 is 2.50 bits per heavy atom. The van der Waals surface area contributed by atoms with Crippen molar-refractivity contribution in [1.82, 2.24) is 0 Å². The maximum atomic E-state index is 11.0. The number of carboxylic acid groups (broad SMARTS) is 1. The second-order valence-electron chi connectivity index (χ2n) is 5.84. The predicted octanol–water partition coefficient (Wildman–Crippen LogP) is 2.73. The summed E-state index contributed by atoms with van der Waals surface area (Å²) in [5.41, 5.74) is 2.10. The molecule has 118 valence electrons. The van der Waals surface area contributed by atoms with Gasteiger partial charge >= 0.3 is 5.97 Å². The summed E-state index contributed by atoms with van der Waals surface area (Å²) in [4.78, 5) is 15.2. The predicted molar refractivity (Wildman–Crippen MR) is 87.1 cm³/mol.